The molecule has 1 fully saturated rings. The zero-order valence-electron chi connectivity index (χ0n) is 12.8. The van der Waals surface area contributed by atoms with Crippen molar-refractivity contribution in [3.63, 3.8) is 0 Å². The topological polar surface area (TPSA) is 69.0 Å². The van der Waals surface area contributed by atoms with Gasteiger partial charge in [-0.25, -0.2) is 4.98 Å². The molecular formula is C15H20N4O2S. The Bertz CT molecular complexity index is 652. The van der Waals surface area contributed by atoms with Crippen molar-refractivity contribution in [3.05, 3.63) is 34.0 Å². The summed E-state index contributed by atoms with van der Waals surface area (Å²) in [5.74, 6) is -0.109. The van der Waals surface area contributed by atoms with Crippen LogP contribution in [0, 0.1) is 12.8 Å². The van der Waals surface area contributed by atoms with E-state index in [4.69, 9.17) is 4.74 Å². The number of carbonyl (C=O) groups is 1. The lowest BCUT2D eigenvalue weighted by atomic mass is 9.96. The first kappa shape index (κ1) is 15.2. The molecule has 0 spiro atoms. The van der Waals surface area contributed by atoms with E-state index in [1.165, 1.54) is 0 Å². The van der Waals surface area contributed by atoms with Crippen molar-refractivity contribution in [3.8, 4) is 0 Å². The number of aromatic nitrogens is 3. The lowest BCUT2D eigenvalue weighted by Gasteiger charge is -2.16. The van der Waals surface area contributed by atoms with Crippen molar-refractivity contribution >= 4 is 17.2 Å². The molecule has 0 radical (unpaired) electrons. The van der Waals surface area contributed by atoms with E-state index in [9.17, 15) is 4.79 Å². The predicted octanol–water partition coefficient (Wildman–Crippen LogP) is 2.06. The van der Waals surface area contributed by atoms with Gasteiger partial charge in [0.05, 0.1) is 36.0 Å². The van der Waals surface area contributed by atoms with Crippen LogP contribution in [0.4, 0.5) is 0 Å². The highest BCUT2D eigenvalue weighted by atomic mass is 32.1. The second-order valence-corrected chi connectivity index (χ2v) is 6.33. The Hall–Kier alpha value is -1.73. The van der Waals surface area contributed by atoms with Gasteiger partial charge in [-0.05, 0) is 20.3 Å². The quantitative estimate of drug-likeness (QED) is 0.915. The fourth-order valence-corrected chi connectivity index (χ4v) is 3.40. The molecule has 22 heavy (non-hydrogen) atoms. The molecule has 1 amide bonds. The van der Waals surface area contributed by atoms with E-state index >= 15 is 0 Å². The third-order valence-corrected chi connectivity index (χ3v) is 4.94. The molecule has 3 rings (SSSR count). The summed E-state index contributed by atoms with van der Waals surface area (Å²) in [5.41, 5.74) is 3.76. The maximum atomic E-state index is 12.5. The summed E-state index contributed by atoms with van der Waals surface area (Å²) in [7, 11) is 0. The average Bonchev–Trinajstić information content (AvgIpc) is 3.24. The molecule has 1 saturated heterocycles. The molecule has 0 saturated carbocycles. The molecule has 0 aliphatic carbocycles. The van der Waals surface area contributed by atoms with Crippen LogP contribution in [0.25, 0.3) is 0 Å². The Labute approximate surface area is 133 Å². The van der Waals surface area contributed by atoms with Crippen LogP contribution in [0.5, 0.6) is 0 Å². The minimum absolute atomic E-state index is 0.0412. The molecule has 2 aromatic rings. The van der Waals surface area contributed by atoms with Crippen LogP contribution in [0.2, 0.25) is 0 Å². The van der Waals surface area contributed by atoms with Crippen molar-refractivity contribution in [2.45, 2.75) is 39.5 Å². The molecule has 2 aromatic heterocycles. The van der Waals surface area contributed by atoms with E-state index in [1.54, 1.807) is 23.0 Å². The number of thiazole rings is 1. The van der Waals surface area contributed by atoms with Crippen LogP contribution >= 0.6 is 11.3 Å². The Balaban J connectivity index is 1.64. The largest absolute Gasteiger partial charge is 0.373 e. The van der Waals surface area contributed by atoms with Crippen LogP contribution in [0.15, 0.2) is 17.9 Å². The van der Waals surface area contributed by atoms with Crippen LogP contribution in [0.3, 0.4) is 0 Å². The zero-order chi connectivity index (χ0) is 15.5. The number of amides is 1. The number of carbonyl (C=O) groups excluding carboxylic acids is 1. The molecule has 3 heterocycles. The number of nitrogens with zero attached hydrogens (tertiary/aromatic N) is 3. The highest BCUT2D eigenvalue weighted by Gasteiger charge is 2.35. The number of hydrogen-bond acceptors (Lipinski definition) is 5. The summed E-state index contributed by atoms with van der Waals surface area (Å²) < 4.78 is 7.62. The summed E-state index contributed by atoms with van der Waals surface area (Å²) in [6.45, 7) is 5.95. The number of aryl methyl sites for hydroxylation is 2. The standard InChI is InChI=1S/C15H20N4O2S/c1-3-19-8-11(6-18-19)14-12(4-5-21-14)15(20)16-7-13-10(2)17-9-22-13/h6,8-9,12,14H,3-5,7H2,1-2H3,(H,16,20)/t12-,14+/m0/s1. The van der Waals surface area contributed by atoms with Crippen molar-refractivity contribution in [2.75, 3.05) is 6.61 Å². The summed E-state index contributed by atoms with van der Waals surface area (Å²) in [6.07, 6.45) is 4.31. The third kappa shape index (κ3) is 3.05. The van der Waals surface area contributed by atoms with E-state index in [-0.39, 0.29) is 17.9 Å². The fraction of sp³-hybridized carbons (Fsp3) is 0.533. The maximum Gasteiger partial charge on any atom is 0.226 e. The molecule has 1 N–H and O–H groups in total. The summed E-state index contributed by atoms with van der Waals surface area (Å²) in [6, 6.07) is 0. The van der Waals surface area contributed by atoms with Gasteiger partial charge in [-0.1, -0.05) is 0 Å². The molecule has 0 unspecified atom stereocenters. The average molecular weight is 320 g/mol. The normalized spacial score (nSPS) is 21.2. The maximum absolute atomic E-state index is 12.5. The van der Waals surface area contributed by atoms with Crippen molar-refractivity contribution in [1.29, 1.82) is 0 Å². The molecule has 7 heteroatoms. The van der Waals surface area contributed by atoms with Gasteiger partial charge in [-0.15, -0.1) is 11.3 Å². The zero-order valence-corrected chi connectivity index (χ0v) is 13.6. The second-order valence-electron chi connectivity index (χ2n) is 5.39. The van der Waals surface area contributed by atoms with Crippen molar-refractivity contribution < 1.29 is 9.53 Å². The van der Waals surface area contributed by atoms with Gasteiger partial charge in [0.25, 0.3) is 0 Å². The van der Waals surface area contributed by atoms with E-state index < -0.39 is 0 Å². The number of ether oxygens (including phenoxy) is 1. The summed E-state index contributed by atoms with van der Waals surface area (Å²) in [5, 5.41) is 7.28. The van der Waals surface area contributed by atoms with E-state index in [0.717, 1.165) is 29.1 Å². The Morgan fingerprint density at radius 2 is 2.45 bits per heavy atom. The summed E-state index contributed by atoms with van der Waals surface area (Å²) in [4.78, 5) is 17.8. The predicted molar refractivity (Wildman–Crippen MR) is 83.4 cm³/mol. The first-order valence-electron chi connectivity index (χ1n) is 7.49. The van der Waals surface area contributed by atoms with E-state index in [0.29, 0.717) is 13.2 Å². The number of rotatable bonds is 5. The van der Waals surface area contributed by atoms with Gasteiger partial charge in [0.2, 0.25) is 5.91 Å². The monoisotopic (exact) mass is 320 g/mol. The molecule has 0 bridgehead atoms. The number of hydrogen-bond donors (Lipinski definition) is 1. The Morgan fingerprint density at radius 1 is 1.59 bits per heavy atom. The molecular weight excluding hydrogens is 300 g/mol. The second kappa shape index (κ2) is 6.58. The van der Waals surface area contributed by atoms with E-state index in [1.807, 2.05) is 24.7 Å². The van der Waals surface area contributed by atoms with Crippen molar-refractivity contribution in [1.82, 2.24) is 20.1 Å². The molecule has 118 valence electrons. The third-order valence-electron chi connectivity index (χ3n) is 4.00. The minimum atomic E-state index is -0.192. The Kier molecular flexibility index (Phi) is 4.54. The number of nitrogens with one attached hydrogen (secondary N) is 1. The molecule has 1 aliphatic rings. The van der Waals surface area contributed by atoms with Crippen LogP contribution in [0.1, 0.15) is 35.6 Å². The van der Waals surface area contributed by atoms with Gasteiger partial charge < -0.3 is 10.1 Å². The van der Waals surface area contributed by atoms with Gasteiger partial charge in [0.15, 0.2) is 0 Å². The van der Waals surface area contributed by atoms with Gasteiger partial charge in [0.1, 0.15) is 0 Å². The molecule has 6 nitrogen and oxygen atoms in total. The van der Waals surface area contributed by atoms with Gasteiger partial charge in [-0.3, -0.25) is 9.48 Å². The molecule has 0 aromatic carbocycles. The molecule has 2 atom stereocenters. The van der Waals surface area contributed by atoms with Crippen molar-refractivity contribution in [2.24, 2.45) is 5.92 Å². The van der Waals surface area contributed by atoms with E-state index in [2.05, 4.69) is 15.4 Å². The first-order valence-corrected chi connectivity index (χ1v) is 8.37. The lowest BCUT2D eigenvalue weighted by molar-refractivity contribution is -0.126. The SMILES string of the molecule is CCn1cc([C@H]2OCC[C@@H]2C(=O)NCc2scnc2C)cn1. The summed E-state index contributed by atoms with van der Waals surface area (Å²) >= 11 is 1.57. The van der Waals surface area contributed by atoms with Gasteiger partial charge in [-0.2, -0.15) is 5.10 Å². The van der Waals surface area contributed by atoms with Gasteiger partial charge >= 0.3 is 0 Å². The smallest absolute Gasteiger partial charge is 0.226 e. The lowest BCUT2D eigenvalue weighted by Crippen LogP contribution is -2.31. The molecule has 1 aliphatic heterocycles. The Morgan fingerprint density at radius 3 is 3.14 bits per heavy atom. The van der Waals surface area contributed by atoms with Crippen LogP contribution < -0.4 is 5.32 Å². The van der Waals surface area contributed by atoms with Crippen LogP contribution in [-0.2, 0) is 22.6 Å². The minimum Gasteiger partial charge on any atom is -0.373 e. The first-order chi connectivity index (χ1) is 10.7. The highest BCUT2D eigenvalue weighted by molar-refractivity contribution is 7.09. The fourth-order valence-electron chi connectivity index (χ4n) is 2.68. The highest BCUT2D eigenvalue weighted by Crippen LogP contribution is 2.34. The van der Waals surface area contributed by atoms with Crippen LogP contribution in [-0.4, -0.2) is 27.3 Å². The van der Waals surface area contributed by atoms with Gasteiger partial charge in [0, 0.05) is 29.8 Å².